The van der Waals surface area contributed by atoms with Crippen molar-refractivity contribution < 1.29 is 23.0 Å². The molecule has 2 fully saturated rings. The van der Waals surface area contributed by atoms with Crippen molar-refractivity contribution in [3.63, 3.8) is 0 Å². The molecular weight excluding hydrogens is 590 g/mol. The molecule has 4 aromatic rings. The van der Waals surface area contributed by atoms with Gasteiger partial charge in [0, 0.05) is 63.1 Å². The Labute approximate surface area is 264 Å². The van der Waals surface area contributed by atoms with Crippen LogP contribution in [0.15, 0.2) is 102 Å². The molecule has 0 radical (unpaired) electrons. The highest BCUT2D eigenvalue weighted by Crippen LogP contribution is 2.42. The molecule has 0 bridgehead atoms. The van der Waals surface area contributed by atoms with Crippen molar-refractivity contribution >= 4 is 16.0 Å². The number of hydrogen-bond donors (Lipinski definition) is 2. The third kappa shape index (κ3) is 7.58. The first-order valence-corrected chi connectivity index (χ1v) is 16.8. The molecule has 1 unspecified atom stereocenters. The van der Waals surface area contributed by atoms with Gasteiger partial charge in [-0.2, -0.15) is 0 Å². The number of benzene rings is 3. The average molecular weight is 630 g/mol. The Hall–Kier alpha value is -3.71. The topological polar surface area (TPSA) is 117 Å². The van der Waals surface area contributed by atoms with E-state index in [0.29, 0.717) is 0 Å². The zero-order valence-electron chi connectivity index (χ0n) is 25.3. The van der Waals surface area contributed by atoms with Gasteiger partial charge in [-0.3, -0.25) is 4.90 Å². The van der Waals surface area contributed by atoms with Gasteiger partial charge in [0.05, 0.1) is 23.7 Å². The average Bonchev–Trinajstić information content (AvgIpc) is 3.10. The molecule has 10 nitrogen and oxygen atoms in total. The number of piperazine rings is 1. The van der Waals surface area contributed by atoms with Gasteiger partial charge in [-0.1, -0.05) is 73.7 Å². The molecule has 4 atom stereocenters. The number of anilines is 1. The molecule has 1 aromatic heterocycles. The molecule has 0 spiro atoms. The van der Waals surface area contributed by atoms with Gasteiger partial charge in [0.15, 0.2) is 6.29 Å². The summed E-state index contributed by atoms with van der Waals surface area (Å²) in [5.41, 5.74) is 3.58. The van der Waals surface area contributed by atoms with Gasteiger partial charge in [0.25, 0.3) is 0 Å². The second kappa shape index (κ2) is 14.2. The lowest BCUT2D eigenvalue weighted by Gasteiger charge is -2.44. The van der Waals surface area contributed by atoms with Gasteiger partial charge in [-0.25, -0.2) is 23.1 Å². The predicted molar refractivity (Wildman–Crippen MR) is 171 cm³/mol. The van der Waals surface area contributed by atoms with Gasteiger partial charge < -0.3 is 19.5 Å². The normalized spacial score (nSPS) is 22.8. The fourth-order valence-corrected chi connectivity index (χ4v) is 6.86. The van der Waals surface area contributed by atoms with Crippen molar-refractivity contribution in [2.45, 2.75) is 43.5 Å². The molecule has 0 saturated carbocycles. The minimum atomic E-state index is -3.61. The highest BCUT2D eigenvalue weighted by molar-refractivity contribution is 7.89. The van der Waals surface area contributed by atoms with E-state index >= 15 is 0 Å². The number of nitrogens with one attached hydrogen (secondary N) is 1. The predicted octanol–water partition coefficient (Wildman–Crippen LogP) is 4.06. The summed E-state index contributed by atoms with van der Waals surface area (Å²) in [4.78, 5) is 13.7. The fourth-order valence-electron chi connectivity index (χ4n) is 5.82. The maximum atomic E-state index is 12.7. The molecule has 6 rings (SSSR count). The number of aliphatic hydroxyl groups excluding tert-OH is 1. The molecule has 236 valence electrons. The maximum absolute atomic E-state index is 12.7. The Morgan fingerprint density at radius 3 is 2.13 bits per heavy atom. The number of aromatic nitrogens is 2. The highest BCUT2D eigenvalue weighted by atomic mass is 32.2. The summed E-state index contributed by atoms with van der Waals surface area (Å²) in [6.45, 7) is 6.52. The highest BCUT2D eigenvalue weighted by Gasteiger charge is 2.39. The first-order valence-electron chi connectivity index (χ1n) is 15.3. The number of nitrogens with zero attached hydrogens (tertiary/aromatic N) is 4. The Morgan fingerprint density at radius 2 is 1.47 bits per heavy atom. The fraction of sp³-hybridized carbons (Fsp3) is 0.353. The van der Waals surface area contributed by atoms with Gasteiger partial charge in [-0.15, -0.1) is 0 Å². The lowest BCUT2D eigenvalue weighted by molar-refractivity contribution is -0.276. The second-order valence-corrected chi connectivity index (χ2v) is 13.3. The van der Waals surface area contributed by atoms with Crippen LogP contribution in [0.2, 0.25) is 0 Å². The van der Waals surface area contributed by atoms with Crippen LogP contribution in [0.5, 0.6) is 0 Å². The lowest BCUT2D eigenvalue weighted by Crippen LogP contribution is -2.51. The van der Waals surface area contributed by atoms with E-state index in [9.17, 15) is 13.5 Å². The van der Waals surface area contributed by atoms with Crippen LogP contribution in [0, 0.1) is 5.92 Å². The van der Waals surface area contributed by atoms with Crippen molar-refractivity contribution in [3.8, 4) is 0 Å². The van der Waals surface area contributed by atoms with Crippen LogP contribution >= 0.6 is 0 Å². The molecule has 3 aromatic carbocycles. The summed E-state index contributed by atoms with van der Waals surface area (Å²) < 4.78 is 41.3. The van der Waals surface area contributed by atoms with Crippen LogP contribution in [0.25, 0.3) is 0 Å². The molecule has 2 saturated heterocycles. The quantitative estimate of drug-likeness (QED) is 0.268. The number of aliphatic hydroxyl groups is 1. The number of ether oxygens (including phenoxy) is 2. The molecule has 2 aliphatic rings. The number of rotatable bonds is 10. The standard InChI is InChI=1S/C34H39N5O5S/c1-25-31(23-38-18-20-39(21-19-38)34-35-16-5-17-36-34)43-33(44-32(25)28-12-10-27(24-40)11-13-28)29-14-8-26(9-15-29)22-37-45(41,42)30-6-3-2-4-7-30/h2-17,25,31-33,37,40H,18-24H2,1H3/t25-,31+,32+,33?/m0/s1. The number of sulfonamides is 1. The third-order valence-electron chi connectivity index (χ3n) is 8.54. The summed E-state index contributed by atoms with van der Waals surface area (Å²) in [5.74, 6) is 0.832. The van der Waals surface area contributed by atoms with Gasteiger partial charge >= 0.3 is 0 Å². The molecular formula is C34H39N5O5S. The Morgan fingerprint density at radius 1 is 0.822 bits per heavy atom. The van der Waals surface area contributed by atoms with Crippen molar-refractivity contribution in [1.29, 1.82) is 0 Å². The SMILES string of the molecule is C[C@H]1[C@@H](CN2CCN(c3ncccn3)CC2)OC(c2ccc(CNS(=O)(=O)c3ccccc3)cc2)O[C@H]1c1ccc(CO)cc1. The van der Waals surface area contributed by atoms with Crippen LogP contribution in [-0.2, 0) is 32.6 Å². The van der Waals surface area contributed by atoms with Gasteiger partial charge in [0.2, 0.25) is 16.0 Å². The first-order chi connectivity index (χ1) is 21.9. The minimum Gasteiger partial charge on any atom is -0.392 e. The summed E-state index contributed by atoms with van der Waals surface area (Å²) in [5, 5.41) is 9.55. The lowest BCUT2D eigenvalue weighted by atomic mass is 9.90. The first kappa shape index (κ1) is 31.3. The molecule has 2 aliphatic heterocycles. The summed E-state index contributed by atoms with van der Waals surface area (Å²) in [7, 11) is -3.61. The van der Waals surface area contributed by atoms with Crippen molar-refractivity contribution in [2.75, 3.05) is 37.6 Å². The van der Waals surface area contributed by atoms with Crippen molar-refractivity contribution in [1.82, 2.24) is 19.6 Å². The van der Waals surface area contributed by atoms with E-state index in [2.05, 4.69) is 31.4 Å². The smallest absolute Gasteiger partial charge is 0.240 e. The summed E-state index contributed by atoms with van der Waals surface area (Å²) in [6, 6.07) is 25.8. The van der Waals surface area contributed by atoms with E-state index in [0.717, 1.165) is 60.9 Å². The molecule has 3 heterocycles. The van der Waals surface area contributed by atoms with E-state index in [1.165, 1.54) is 0 Å². The minimum absolute atomic E-state index is 0.0103. The van der Waals surface area contributed by atoms with E-state index in [-0.39, 0.29) is 36.2 Å². The summed E-state index contributed by atoms with van der Waals surface area (Å²) >= 11 is 0. The Balaban J connectivity index is 1.15. The van der Waals surface area contributed by atoms with Crippen LogP contribution in [0.4, 0.5) is 5.95 Å². The van der Waals surface area contributed by atoms with Gasteiger partial charge in [-0.05, 0) is 34.9 Å². The van der Waals surface area contributed by atoms with Crippen LogP contribution < -0.4 is 9.62 Å². The van der Waals surface area contributed by atoms with Crippen LogP contribution in [-0.4, -0.2) is 67.2 Å². The van der Waals surface area contributed by atoms with E-state index in [4.69, 9.17) is 9.47 Å². The monoisotopic (exact) mass is 629 g/mol. The van der Waals surface area contributed by atoms with E-state index < -0.39 is 16.3 Å². The van der Waals surface area contributed by atoms with Crippen LogP contribution in [0.1, 0.15) is 41.6 Å². The largest absolute Gasteiger partial charge is 0.392 e. The van der Waals surface area contributed by atoms with Crippen molar-refractivity contribution in [2.24, 2.45) is 5.92 Å². The molecule has 45 heavy (non-hydrogen) atoms. The van der Waals surface area contributed by atoms with Crippen molar-refractivity contribution in [3.05, 3.63) is 120 Å². The Bertz CT molecular complexity index is 1620. The molecule has 0 aliphatic carbocycles. The van der Waals surface area contributed by atoms with E-state index in [1.54, 1.807) is 42.7 Å². The maximum Gasteiger partial charge on any atom is 0.240 e. The zero-order chi connectivity index (χ0) is 31.2. The van der Waals surface area contributed by atoms with Crippen LogP contribution in [0.3, 0.4) is 0 Å². The molecule has 0 amide bonds. The zero-order valence-corrected chi connectivity index (χ0v) is 26.1. The van der Waals surface area contributed by atoms with Gasteiger partial charge in [0.1, 0.15) is 0 Å². The van der Waals surface area contributed by atoms with E-state index in [1.807, 2.05) is 54.6 Å². The molecule has 2 N–H and O–H groups in total. The number of hydrogen-bond acceptors (Lipinski definition) is 9. The molecule has 11 heteroatoms. The second-order valence-electron chi connectivity index (χ2n) is 11.5. The third-order valence-corrected chi connectivity index (χ3v) is 9.96. The summed E-state index contributed by atoms with van der Waals surface area (Å²) in [6.07, 6.45) is 2.65. The Kier molecular flexibility index (Phi) is 9.84.